The lowest BCUT2D eigenvalue weighted by Crippen LogP contribution is -2.52. The van der Waals surface area contributed by atoms with Crippen molar-refractivity contribution in [2.75, 3.05) is 31.6 Å². The van der Waals surface area contributed by atoms with E-state index >= 15 is 0 Å². The molecule has 1 N–H and O–H groups in total. The molecule has 2 aliphatic heterocycles. The molecule has 23 heavy (non-hydrogen) atoms. The van der Waals surface area contributed by atoms with Crippen LogP contribution in [0.4, 0.5) is 5.82 Å². The number of hydrogen-bond donors (Lipinski definition) is 1. The number of likely N-dealkylation sites (tertiary alicyclic amines) is 1. The number of aromatic amines is 1. The zero-order valence-corrected chi connectivity index (χ0v) is 13.1. The summed E-state index contributed by atoms with van der Waals surface area (Å²) in [7, 11) is 2.21. The van der Waals surface area contributed by atoms with Crippen LogP contribution in [0.3, 0.4) is 0 Å². The van der Waals surface area contributed by atoms with E-state index in [-0.39, 0.29) is 0 Å². The molecule has 2 saturated heterocycles. The Morgan fingerprint density at radius 3 is 2.96 bits per heavy atom. The van der Waals surface area contributed by atoms with Crippen LogP contribution in [0.2, 0.25) is 0 Å². The molecular weight excluding hydrogens is 286 g/mol. The molecule has 0 unspecified atom stereocenters. The van der Waals surface area contributed by atoms with Gasteiger partial charge < -0.3 is 14.8 Å². The summed E-state index contributed by atoms with van der Waals surface area (Å²) in [5.41, 5.74) is 3.18. The first-order valence-electron chi connectivity index (χ1n) is 8.13. The number of likely N-dealkylation sites (N-methyl/N-ethyl adjacent to an activating group) is 1. The topological polar surface area (TPSA) is 48.0 Å². The van der Waals surface area contributed by atoms with Gasteiger partial charge in [0.1, 0.15) is 5.82 Å². The maximum atomic E-state index is 4.87. The van der Waals surface area contributed by atoms with Gasteiger partial charge in [0.15, 0.2) is 0 Å². The lowest BCUT2D eigenvalue weighted by Gasteiger charge is -2.40. The summed E-state index contributed by atoms with van der Waals surface area (Å²) in [5, 5.41) is 1.22. The summed E-state index contributed by atoms with van der Waals surface area (Å²) in [5.74, 6) is 1.79. The molecular formula is C18H19N5. The van der Waals surface area contributed by atoms with E-state index in [1.54, 1.807) is 0 Å². The number of fused-ring (bicyclic) bond motifs is 2. The standard InChI is InChI=1S/C18H19N5/c1-22-9-14-10-23(11-17(14)22)18-8-19-7-16(21-18)13-3-2-12-4-5-20-15(12)6-13/h2-8,14,17,20H,9-11H2,1H3/t14-,17-/m1/s1. The molecule has 0 saturated carbocycles. The number of nitrogens with zero attached hydrogens (tertiary/aromatic N) is 4. The molecule has 0 radical (unpaired) electrons. The smallest absolute Gasteiger partial charge is 0.147 e. The summed E-state index contributed by atoms with van der Waals surface area (Å²) in [6.07, 6.45) is 5.71. The average molecular weight is 305 g/mol. The fourth-order valence-electron chi connectivity index (χ4n) is 3.94. The zero-order valence-electron chi connectivity index (χ0n) is 13.1. The van der Waals surface area contributed by atoms with Gasteiger partial charge in [-0.25, -0.2) is 4.98 Å². The number of hydrogen-bond acceptors (Lipinski definition) is 4. The van der Waals surface area contributed by atoms with E-state index in [4.69, 9.17) is 4.98 Å². The number of H-pyrrole nitrogens is 1. The molecule has 1 aromatic carbocycles. The predicted octanol–water partition coefficient (Wildman–Crippen LogP) is 2.38. The van der Waals surface area contributed by atoms with Crippen molar-refractivity contribution < 1.29 is 0 Å². The molecule has 4 heterocycles. The molecule has 3 aromatic rings. The molecule has 0 bridgehead atoms. The van der Waals surface area contributed by atoms with Crippen molar-refractivity contribution in [2.45, 2.75) is 6.04 Å². The molecule has 0 spiro atoms. The number of rotatable bonds is 2. The quantitative estimate of drug-likeness (QED) is 0.790. The molecule has 2 aromatic heterocycles. The minimum atomic E-state index is 0.690. The van der Waals surface area contributed by atoms with Gasteiger partial charge in [0.25, 0.3) is 0 Å². The first-order chi connectivity index (χ1) is 11.3. The van der Waals surface area contributed by atoms with Crippen LogP contribution in [0.1, 0.15) is 0 Å². The van der Waals surface area contributed by atoms with Gasteiger partial charge in [0.05, 0.1) is 18.1 Å². The van der Waals surface area contributed by atoms with Gasteiger partial charge in [-0.15, -0.1) is 0 Å². The van der Waals surface area contributed by atoms with Gasteiger partial charge in [-0.2, -0.15) is 0 Å². The Bertz CT molecular complexity index is 870. The zero-order chi connectivity index (χ0) is 15.4. The molecule has 0 aliphatic carbocycles. The van der Waals surface area contributed by atoms with Crippen LogP contribution in [0, 0.1) is 5.92 Å². The summed E-state index contributed by atoms with van der Waals surface area (Å²) in [6.45, 7) is 3.37. The van der Waals surface area contributed by atoms with Crippen LogP contribution in [0.15, 0.2) is 42.9 Å². The minimum Gasteiger partial charge on any atom is -0.361 e. The van der Waals surface area contributed by atoms with Gasteiger partial charge in [0.2, 0.25) is 0 Å². The third-order valence-electron chi connectivity index (χ3n) is 5.29. The molecule has 0 amide bonds. The normalized spacial score (nSPS) is 24.0. The highest BCUT2D eigenvalue weighted by Gasteiger charge is 2.43. The minimum absolute atomic E-state index is 0.690. The lowest BCUT2D eigenvalue weighted by molar-refractivity contribution is 0.0827. The second-order valence-corrected chi connectivity index (χ2v) is 6.71. The van der Waals surface area contributed by atoms with Crippen LogP contribution in [-0.4, -0.2) is 52.6 Å². The summed E-state index contributed by atoms with van der Waals surface area (Å²) >= 11 is 0. The van der Waals surface area contributed by atoms with Crippen LogP contribution >= 0.6 is 0 Å². The van der Waals surface area contributed by atoms with Gasteiger partial charge in [-0.3, -0.25) is 4.98 Å². The van der Waals surface area contributed by atoms with E-state index in [0.29, 0.717) is 6.04 Å². The van der Waals surface area contributed by atoms with E-state index in [2.05, 4.69) is 51.1 Å². The Morgan fingerprint density at radius 2 is 2.09 bits per heavy atom. The maximum absolute atomic E-state index is 4.87. The van der Waals surface area contributed by atoms with Gasteiger partial charge >= 0.3 is 0 Å². The molecule has 116 valence electrons. The second kappa shape index (κ2) is 4.80. The molecule has 5 heteroatoms. The summed E-state index contributed by atoms with van der Waals surface area (Å²) in [6, 6.07) is 9.16. The highest BCUT2D eigenvalue weighted by molar-refractivity contribution is 5.84. The lowest BCUT2D eigenvalue weighted by atomic mass is 9.93. The van der Waals surface area contributed by atoms with Crippen molar-refractivity contribution >= 4 is 16.7 Å². The Balaban J connectivity index is 1.48. The van der Waals surface area contributed by atoms with Crippen LogP contribution in [0.5, 0.6) is 0 Å². The second-order valence-electron chi connectivity index (χ2n) is 6.71. The van der Waals surface area contributed by atoms with Gasteiger partial charge in [-0.05, 0) is 24.6 Å². The highest BCUT2D eigenvalue weighted by Crippen LogP contribution is 2.33. The molecule has 2 aliphatic rings. The predicted molar refractivity (Wildman–Crippen MR) is 91.4 cm³/mol. The monoisotopic (exact) mass is 305 g/mol. The van der Waals surface area contributed by atoms with Gasteiger partial charge in [0, 0.05) is 48.9 Å². The summed E-state index contributed by atoms with van der Waals surface area (Å²) < 4.78 is 0. The van der Waals surface area contributed by atoms with E-state index < -0.39 is 0 Å². The average Bonchev–Trinajstić information content (AvgIpc) is 3.18. The van der Waals surface area contributed by atoms with Crippen molar-refractivity contribution in [3.63, 3.8) is 0 Å². The number of anilines is 1. The van der Waals surface area contributed by atoms with Crippen molar-refractivity contribution in [3.05, 3.63) is 42.9 Å². The SMILES string of the molecule is CN1C[C@@H]2CN(c3cncc(-c4ccc5cc[nH]c5c4)n3)C[C@H]21. The Labute approximate surface area is 135 Å². The van der Waals surface area contributed by atoms with E-state index in [0.717, 1.165) is 41.6 Å². The number of aromatic nitrogens is 3. The molecule has 5 rings (SSSR count). The Morgan fingerprint density at radius 1 is 1.13 bits per heavy atom. The van der Waals surface area contributed by atoms with Crippen molar-refractivity contribution in [1.29, 1.82) is 0 Å². The third-order valence-corrected chi connectivity index (χ3v) is 5.29. The van der Waals surface area contributed by atoms with Crippen LogP contribution in [-0.2, 0) is 0 Å². The first-order valence-corrected chi connectivity index (χ1v) is 8.13. The molecule has 2 fully saturated rings. The third kappa shape index (κ3) is 2.04. The fraction of sp³-hybridized carbons (Fsp3) is 0.333. The number of benzene rings is 1. The van der Waals surface area contributed by atoms with Crippen LogP contribution < -0.4 is 4.90 Å². The van der Waals surface area contributed by atoms with Crippen molar-refractivity contribution in [1.82, 2.24) is 19.9 Å². The molecule has 5 nitrogen and oxygen atoms in total. The largest absolute Gasteiger partial charge is 0.361 e. The van der Waals surface area contributed by atoms with E-state index in [1.165, 1.54) is 11.9 Å². The van der Waals surface area contributed by atoms with Crippen molar-refractivity contribution in [2.24, 2.45) is 5.92 Å². The molecule has 2 atom stereocenters. The number of nitrogens with one attached hydrogen (secondary N) is 1. The highest BCUT2D eigenvalue weighted by atomic mass is 15.3. The summed E-state index contributed by atoms with van der Waals surface area (Å²) in [4.78, 5) is 17.4. The maximum Gasteiger partial charge on any atom is 0.147 e. The van der Waals surface area contributed by atoms with Crippen LogP contribution in [0.25, 0.3) is 22.2 Å². The van der Waals surface area contributed by atoms with E-state index in [1.807, 2.05) is 18.6 Å². The Hall–Kier alpha value is -2.40. The van der Waals surface area contributed by atoms with Crippen molar-refractivity contribution in [3.8, 4) is 11.3 Å². The Kier molecular flexibility index (Phi) is 2.73. The first kappa shape index (κ1) is 13.1. The van der Waals surface area contributed by atoms with Gasteiger partial charge in [-0.1, -0.05) is 12.1 Å². The van der Waals surface area contributed by atoms with E-state index in [9.17, 15) is 0 Å². The fourth-order valence-corrected chi connectivity index (χ4v) is 3.94.